The van der Waals surface area contributed by atoms with Gasteiger partial charge in [0.2, 0.25) is 0 Å². The Morgan fingerprint density at radius 2 is 2.40 bits per heavy atom. The van der Waals surface area contributed by atoms with Crippen LogP contribution in [0.3, 0.4) is 0 Å². The molecule has 20 heavy (non-hydrogen) atoms. The molecule has 2 aromatic rings. The molecule has 3 nitrogen and oxygen atoms in total. The van der Waals surface area contributed by atoms with Crippen molar-refractivity contribution in [2.24, 2.45) is 5.92 Å². The molecule has 1 N–H and O–H groups in total. The Morgan fingerprint density at radius 3 is 3.15 bits per heavy atom. The minimum atomic E-state index is 0.729. The molecule has 1 aliphatic rings. The summed E-state index contributed by atoms with van der Waals surface area (Å²) < 4.78 is 1.10. The first kappa shape index (κ1) is 14.2. The third-order valence-electron chi connectivity index (χ3n) is 3.72. The van der Waals surface area contributed by atoms with Crippen LogP contribution < -0.4 is 5.32 Å². The second-order valence-corrected chi connectivity index (χ2v) is 7.04. The van der Waals surface area contributed by atoms with Gasteiger partial charge in [-0.1, -0.05) is 6.92 Å². The number of nitrogens with one attached hydrogen (secondary N) is 1. The molecule has 0 radical (unpaired) electrons. The van der Waals surface area contributed by atoms with Crippen molar-refractivity contribution in [1.29, 1.82) is 0 Å². The Balaban J connectivity index is 1.78. The fourth-order valence-electron chi connectivity index (χ4n) is 2.65. The number of nitrogens with zero attached hydrogens (tertiary/aromatic N) is 2. The minimum Gasteiger partial charge on any atom is -0.317 e. The molecule has 0 bridgehead atoms. The van der Waals surface area contributed by atoms with Gasteiger partial charge >= 0.3 is 0 Å². The molecule has 1 aliphatic carbocycles. The van der Waals surface area contributed by atoms with Crippen molar-refractivity contribution in [1.82, 2.24) is 15.3 Å². The first-order valence-electron chi connectivity index (χ1n) is 7.06. The molecule has 0 aliphatic heterocycles. The molecule has 5 heteroatoms. The van der Waals surface area contributed by atoms with E-state index in [1.165, 1.54) is 17.7 Å². The largest absolute Gasteiger partial charge is 0.317 e. The summed E-state index contributed by atoms with van der Waals surface area (Å²) in [5.74, 6) is 1.59. The zero-order valence-corrected chi connectivity index (χ0v) is 13.9. The second-order valence-electron chi connectivity index (χ2n) is 5.21. The SMILES string of the molecule is CCNCC1CCc2nc(-c3cc(Br)cs3)ncc2C1. The average molecular weight is 352 g/mol. The highest BCUT2D eigenvalue weighted by molar-refractivity contribution is 9.10. The lowest BCUT2D eigenvalue weighted by molar-refractivity contribution is 0.425. The molecule has 0 fully saturated rings. The van der Waals surface area contributed by atoms with Crippen LogP contribution in [0.15, 0.2) is 22.1 Å². The zero-order valence-electron chi connectivity index (χ0n) is 11.5. The summed E-state index contributed by atoms with van der Waals surface area (Å²) in [6, 6.07) is 2.09. The van der Waals surface area contributed by atoms with Gasteiger partial charge in [0.15, 0.2) is 5.82 Å². The monoisotopic (exact) mass is 351 g/mol. The summed E-state index contributed by atoms with van der Waals surface area (Å²) in [4.78, 5) is 10.5. The van der Waals surface area contributed by atoms with Gasteiger partial charge in [-0.3, -0.25) is 0 Å². The van der Waals surface area contributed by atoms with E-state index in [9.17, 15) is 0 Å². The van der Waals surface area contributed by atoms with E-state index in [1.54, 1.807) is 11.3 Å². The summed E-state index contributed by atoms with van der Waals surface area (Å²) in [7, 11) is 0. The highest BCUT2D eigenvalue weighted by Crippen LogP contribution is 2.30. The van der Waals surface area contributed by atoms with Crippen LogP contribution in [0.2, 0.25) is 0 Å². The maximum Gasteiger partial charge on any atom is 0.169 e. The van der Waals surface area contributed by atoms with Gasteiger partial charge in [0.05, 0.1) is 4.88 Å². The van der Waals surface area contributed by atoms with Crippen LogP contribution in [0.25, 0.3) is 10.7 Å². The fourth-order valence-corrected chi connectivity index (χ4v) is 4.02. The first-order valence-corrected chi connectivity index (χ1v) is 8.73. The number of thiophene rings is 1. The Kier molecular flexibility index (Phi) is 4.48. The van der Waals surface area contributed by atoms with E-state index in [0.29, 0.717) is 0 Å². The maximum absolute atomic E-state index is 4.77. The number of halogens is 1. The van der Waals surface area contributed by atoms with Crippen molar-refractivity contribution in [2.45, 2.75) is 26.2 Å². The number of aryl methyl sites for hydroxylation is 1. The quantitative estimate of drug-likeness (QED) is 0.912. The van der Waals surface area contributed by atoms with Crippen molar-refractivity contribution in [3.63, 3.8) is 0 Å². The van der Waals surface area contributed by atoms with Crippen molar-refractivity contribution in [3.05, 3.63) is 33.4 Å². The fraction of sp³-hybridized carbons (Fsp3) is 0.467. The average Bonchev–Trinajstić information content (AvgIpc) is 2.91. The van der Waals surface area contributed by atoms with Gasteiger partial charge in [0.25, 0.3) is 0 Å². The smallest absolute Gasteiger partial charge is 0.169 e. The number of fused-ring (bicyclic) bond motifs is 1. The van der Waals surface area contributed by atoms with Crippen molar-refractivity contribution in [3.8, 4) is 10.7 Å². The molecule has 0 amide bonds. The van der Waals surface area contributed by atoms with Crippen molar-refractivity contribution < 1.29 is 0 Å². The van der Waals surface area contributed by atoms with E-state index in [0.717, 1.165) is 47.0 Å². The van der Waals surface area contributed by atoms with E-state index in [1.807, 2.05) is 6.20 Å². The molecule has 1 unspecified atom stereocenters. The lowest BCUT2D eigenvalue weighted by Gasteiger charge is -2.23. The predicted octanol–water partition coefficient (Wildman–Crippen LogP) is 3.68. The molecule has 2 heterocycles. The van der Waals surface area contributed by atoms with Crippen molar-refractivity contribution >= 4 is 27.3 Å². The Labute approximate surface area is 132 Å². The normalized spacial score (nSPS) is 18.0. The van der Waals surface area contributed by atoms with Gasteiger partial charge in [-0.15, -0.1) is 11.3 Å². The van der Waals surface area contributed by atoms with E-state index in [-0.39, 0.29) is 0 Å². The molecule has 0 saturated heterocycles. The van der Waals surface area contributed by atoms with Gasteiger partial charge < -0.3 is 5.32 Å². The highest BCUT2D eigenvalue weighted by Gasteiger charge is 2.20. The molecular weight excluding hydrogens is 334 g/mol. The zero-order chi connectivity index (χ0) is 13.9. The maximum atomic E-state index is 4.77. The lowest BCUT2D eigenvalue weighted by atomic mass is 9.87. The minimum absolute atomic E-state index is 0.729. The lowest BCUT2D eigenvalue weighted by Crippen LogP contribution is -2.27. The number of hydrogen-bond donors (Lipinski definition) is 1. The molecule has 3 rings (SSSR count). The van der Waals surface area contributed by atoms with Gasteiger partial charge in [-0.25, -0.2) is 9.97 Å². The van der Waals surface area contributed by atoms with Gasteiger partial charge in [0.1, 0.15) is 0 Å². The van der Waals surface area contributed by atoms with E-state index in [4.69, 9.17) is 4.98 Å². The van der Waals surface area contributed by atoms with Crippen LogP contribution in [0.1, 0.15) is 24.6 Å². The number of aromatic nitrogens is 2. The topological polar surface area (TPSA) is 37.8 Å². The third-order valence-corrected chi connectivity index (χ3v) is 5.41. The molecule has 0 saturated carbocycles. The first-order chi connectivity index (χ1) is 9.76. The predicted molar refractivity (Wildman–Crippen MR) is 87.1 cm³/mol. The summed E-state index contributed by atoms with van der Waals surface area (Å²) in [6.45, 7) is 4.31. The van der Waals surface area contributed by atoms with Gasteiger partial charge in [-0.05, 0) is 65.8 Å². The molecule has 106 valence electrons. The van der Waals surface area contributed by atoms with Crippen LogP contribution in [0.4, 0.5) is 0 Å². The molecule has 0 aromatic carbocycles. The Morgan fingerprint density at radius 1 is 1.50 bits per heavy atom. The van der Waals surface area contributed by atoms with Crippen LogP contribution in [-0.2, 0) is 12.8 Å². The Bertz CT molecular complexity index is 597. The molecular formula is C15H18BrN3S. The number of hydrogen-bond acceptors (Lipinski definition) is 4. The van der Waals surface area contributed by atoms with Gasteiger partial charge in [0, 0.05) is 21.7 Å². The van der Waals surface area contributed by atoms with E-state index in [2.05, 4.69) is 44.6 Å². The third kappa shape index (κ3) is 3.10. The molecule has 0 spiro atoms. The highest BCUT2D eigenvalue weighted by atomic mass is 79.9. The summed E-state index contributed by atoms with van der Waals surface area (Å²) >= 11 is 5.17. The summed E-state index contributed by atoms with van der Waals surface area (Å²) in [6.07, 6.45) is 5.44. The summed E-state index contributed by atoms with van der Waals surface area (Å²) in [5.41, 5.74) is 2.57. The molecule has 1 atom stereocenters. The Hall–Kier alpha value is -0.780. The van der Waals surface area contributed by atoms with Crippen LogP contribution in [0.5, 0.6) is 0 Å². The van der Waals surface area contributed by atoms with Crippen LogP contribution >= 0.6 is 27.3 Å². The van der Waals surface area contributed by atoms with Crippen LogP contribution in [0, 0.1) is 5.92 Å². The van der Waals surface area contributed by atoms with E-state index >= 15 is 0 Å². The molecule has 2 aromatic heterocycles. The number of rotatable bonds is 4. The summed E-state index contributed by atoms with van der Waals surface area (Å²) in [5, 5.41) is 5.52. The standard InChI is InChI=1S/C15H18BrN3S/c1-2-17-7-10-3-4-13-11(5-10)8-18-15(19-13)14-6-12(16)9-20-14/h6,8-10,17H,2-5,7H2,1H3. The van der Waals surface area contributed by atoms with Gasteiger partial charge in [-0.2, -0.15) is 0 Å². The van der Waals surface area contributed by atoms with Crippen LogP contribution in [-0.4, -0.2) is 23.1 Å². The van der Waals surface area contributed by atoms with Crippen molar-refractivity contribution in [2.75, 3.05) is 13.1 Å². The second kappa shape index (κ2) is 6.33. The van der Waals surface area contributed by atoms with E-state index < -0.39 is 0 Å².